The summed E-state index contributed by atoms with van der Waals surface area (Å²) in [6, 6.07) is 41.6. The van der Waals surface area contributed by atoms with E-state index >= 15 is 0 Å². The molecule has 1 nitrogen and oxygen atoms in total. The number of benzene rings is 8. The van der Waals surface area contributed by atoms with Gasteiger partial charge in [0.1, 0.15) is 0 Å². The van der Waals surface area contributed by atoms with Crippen LogP contribution in [-0.4, -0.2) is 0 Å². The van der Waals surface area contributed by atoms with Crippen LogP contribution in [0.1, 0.15) is 9.60 Å². The Labute approximate surface area is 261 Å². The van der Waals surface area contributed by atoms with Crippen LogP contribution in [0.15, 0.2) is 176 Å². The highest BCUT2D eigenvalue weighted by atomic mass is 15.1. The topological polar surface area (TPSA) is 3.24 Å². The van der Waals surface area contributed by atoms with E-state index in [1.807, 2.05) is 78.9 Å². The molecule has 0 fully saturated rings. The van der Waals surface area contributed by atoms with Crippen molar-refractivity contribution in [3.63, 3.8) is 0 Å². The first kappa shape index (κ1) is 18.7. The molecule has 0 aromatic heterocycles. The summed E-state index contributed by atoms with van der Waals surface area (Å²) in [6.07, 6.45) is 0. The van der Waals surface area contributed by atoms with Crippen LogP contribution in [0.5, 0.6) is 0 Å². The van der Waals surface area contributed by atoms with Gasteiger partial charge in [-0.25, -0.2) is 0 Å². The summed E-state index contributed by atoms with van der Waals surface area (Å²) in [5, 5.41) is 4.39. The Morgan fingerprint density at radius 1 is 0.395 bits per heavy atom. The van der Waals surface area contributed by atoms with Crippen LogP contribution in [0.4, 0.5) is 17.1 Å². The summed E-state index contributed by atoms with van der Waals surface area (Å²) in [5.74, 6) is 0. The second-order valence-corrected chi connectivity index (χ2v) is 10.5. The molecular weight excluding hydrogens is 518 g/mol. The fraction of sp³-hybridized carbons (Fsp3) is 0. The third-order valence-electron chi connectivity index (χ3n) is 7.93. The molecule has 1 heteroatoms. The molecule has 0 heterocycles. The van der Waals surface area contributed by atoms with E-state index < -0.39 is 30.2 Å². The maximum Gasteiger partial charge on any atom is 0.0645 e. The molecule has 0 amide bonds. The lowest BCUT2D eigenvalue weighted by Crippen LogP contribution is -2.10. The molecule has 0 aliphatic rings. The second kappa shape index (κ2) is 10.6. The normalized spacial score (nSPS) is 13.5. The first-order valence-corrected chi connectivity index (χ1v) is 14.2. The third-order valence-corrected chi connectivity index (χ3v) is 7.93. The van der Waals surface area contributed by atoms with Crippen molar-refractivity contribution < 1.29 is 9.60 Å². The predicted octanol–water partition coefficient (Wildman–Crippen LogP) is 11.9. The molecule has 0 radical (unpaired) electrons. The molecule has 0 unspecified atom stereocenters. The summed E-state index contributed by atoms with van der Waals surface area (Å²) >= 11 is 0. The fourth-order valence-corrected chi connectivity index (χ4v) is 5.83. The number of nitrogens with zero attached hydrogens (tertiary/aromatic N) is 1. The monoisotopic (exact) mass is 554 g/mol. The number of hydrogen-bond acceptors (Lipinski definition) is 1. The van der Waals surface area contributed by atoms with Crippen LogP contribution in [0.25, 0.3) is 54.6 Å². The minimum atomic E-state index is -0.483. The molecule has 0 saturated heterocycles. The lowest BCUT2D eigenvalue weighted by Gasteiger charge is -2.27. The van der Waals surface area contributed by atoms with E-state index in [0.717, 1.165) is 43.8 Å². The molecule has 0 atom stereocenters. The third kappa shape index (κ3) is 4.62. The highest BCUT2D eigenvalue weighted by molar-refractivity contribution is 6.00. The Bertz CT molecular complexity index is 2620. The number of anilines is 3. The van der Waals surface area contributed by atoms with Gasteiger partial charge in [0.2, 0.25) is 0 Å². The van der Waals surface area contributed by atoms with Crippen LogP contribution in [0.2, 0.25) is 0 Å². The van der Waals surface area contributed by atoms with Crippen LogP contribution < -0.4 is 4.90 Å². The van der Waals surface area contributed by atoms with Gasteiger partial charge in [0.15, 0.2) is 0 Å². The van der Waals surface area contributed by atoms with Gasteiger partial charge in [-0.15, -0.1) is 0 Å². The largest absolute Gasteiger partial charge is 0.310 e. The van der Waals surface area contributed by atoms with Crippen molar-refractivity contribution >= 4 is 49.4 Å². The second-order valence-electron chi connectivity index (χ2n) is 10.5. The van der Waals surface area contributed by atoms with E-state index in [1.165, 1.54) is 0 Å². The van der Waals surface area contributed by atoms with Crippen LogP contribution in [-0.2, 0) is 0 Å². The highest BCUT2D eigenvalue weighted by Crippen LogP contribution is 2.41. The van der Waals surface area contributed by atoms with Crippen molar-refractivity contribution in [3.05, 3.63) is 176 Å². The molecule has 0 bridgehead atoms. The molecule has 0 aliphatic heterocycles. The molecule has 0 aliphatic carbocycles. The van der Waals surface area contributed by atoms with Gasteiger partial charge in [0.05, 0.1) is 15.3 Å². The maximum absolute atomic E-state index is 9.21. The zero-order valence-corrected chi connectivity index (χ0v) is 23.1. The van der Waals surface area contributed by atoms with Crippen molar-refractivity contribution in [2.75, 3.05) is 4.90 Å². The van der Waals surface area contributed by atoms with Crippen molar-refractivity contribution in [1.29, 1.82) is 0 Å². The Morgan fingerprint density at radius 3 is 2.00 bits per heavy atom. The SMILES string of the molecule is [2H]c1c([2H])c([2H])c2c(N(c3ccc(-c4cccc5ccccc45)cc3)c3cccc(-c4ccc5ccccc5c4)c3)c([2H])c([2H])c([2H])c2c1[2H]. The van der Waals surface area contributed by atoms with Crippen molar-refractivity contribution in [2.45, 2.75) is 0 Å². The van der Waals surface area contributed by atoms with Gasteiger partial charge in [-0.2, -0.15) is 0 Å². The van der Waals surface area contributed by atoms with Gasteiger partial charge in [0.25, 0.3) is 0 Å². The molecule has 43 heavy (non-hydrogen) atoms. The predicted molar refractivity (Wildman–Crippen MR) is 185 cm³/mol. The summed E-state index contributed by atoms with van der Waals surface area (Å²) in [6.45, 7) is 0. The molecule has 0 saturated carbocycles. The molecule has 202 valence electrons. The van der Waals surface area contributed by atoms with Crippen LogP contribution >= 0.6 is 0 Å². The summed E-state index contributed by atoms with van der Waals surface area (Å²) in [7, 11) is 0. The van der Waals surface area contributed by atoms with E-state index in [-0.39, 0.29) is 28.5 Å². The first-order valence-electron chi connectivity index (χ1n) is 17.7. The van der Waals surface area contributed by atoms with E-state index in [4.69, 9.17) is 8.22 Å². The lowest BCUT2D eigenvalue weighted by atomic mass is 9.97. The average Bonchev–Trinajstić information content (AvgIpc) is 3.16. The molecule has 8 aromatic rings. The van der Waals surface area contributed by atoms with Crippen LogP contribution in [0.3, 0.4) is 0 Å². The van der Waals surface area contributed by atoms with Gasteiger partial charge in [0, 0.05) is 16.8 Å². The summed E-state index contributed by atoms with van der Waals surface area (Å²) in [4.78, 5) is 1.78. The van der Waals surface area contributed by atoms with Gasteiger partial charge in [-0.1, -0.05) is 139 Å². The zero-order valence-electron chi connectivity index (χ0n) is 30.1. The molecular formula is C42H29N. The quantitative estimate of drug-likeness (QED) is 0.204. The Balaban J connectivity index is 1.39. The Kier molecular flexibility index (Phi) is 4.63. The standard InChI is InChI=1S/C42H29N/c1-2-13-34-28-36(23-22-30(34)10-1)35-16-7-17-38(29-35)43(42-21-9-15-32-12-4-6-19-41(32)42)37-26-24-33(25-27-37)40-20-8-14-31-11-3-5-18-39(31)40/h1-29H/i4D,6D,9D,12D,15D,19D,21D. The molecule has 8 aromatic carbocycles. The maximum atomic E-state index is 9.21. The Morgan fingerprint density at radius 2 is 1.09 bits per heavy atom. The van der Waals surface area contributed by atoms with Gasteiger partial charge in [-0.05, 0) is 85.6 Å². The average molecular weight is 555 g/mol. The number of fused-ring (bicyclic) bond motifs is 3. The van der Waals surface area contributed by atoms with E-state index in [2.05, 4.69) is 54.6 Å². The van der Waals surface area contributed by atoms with Crippen LogP contribution in [0, 0.1) is 0 Å². The van der Waals surface area contributed by atoms with Crippen molar-refractivity contribution in [3.8, 4) is 22.3 Å². The Hall–Kier alpha value is -5.66. The molecule has 8 rings (SSSR count). The number of rotatable bonds is 5. The molecule has 0 spiro atoms. The molecule has 0 N–H and O–H groups in total. The van der Waals surface area contributed by atoms with E-state index in [9.17, 15) is 1.37 Å². The summed E-state index contributed by atoms with van der Waals surface area (Å²) < 4.78 is 61.3. The van der Waals surface area contributed by atoms with Gasteiger partial charge >= 0.3 is 0 Å². The van der Waals surface area contributed by atoms with E-state index in [0.29, 0.717) is 11.4 Å². The fourth-order valence-electron chi connectivity index (χ4n) is 5.83. The van der Waals surface area contributed by atoms with Crippen molar-refractivity contribution in [2.24, 2.45) is 0 Å². The number of hydrogen-bond donors (Lipinski definition) is 0. The van der Waals surface area contributed by atoms with Gasteiger partial charge in [-0.3, -0.25) is 0 Å². The highest BCUT2D eigenvalue weighted by Gasteiger charge is 2.16. The first-order chi connectivity index (χ1) is 24.2. The lowest BCUT2D eigenvalue weighted by molar-refractivity contribution is 1.30. The van der Waals surface area contributed by atoms with Gasteiger partial charge < -0.3 is 4.90 Å². The van der Waals surface area contributed by atoms with E-state index in [1.54, 1.807) is 4.90 Å². The minimum absolute atomic E-state index is 0.0243. The van der Waals surface area contributed by atoms with Crippen molar-refractivity contribution in [1.82, 2.24) is 0 Å². The smallest absolute Gasteiger partial charge is 0.0645 e. The summed E-state index contributed by atoms with van der Waals surface area (Å²) in [5.41, 5.74) is 5.31. The zero-order chi connectivity index (χ0) is 34.7. The minimum Gasteiger partial charge on any atom is -0.310 e.